The summed E-state index contributed by atoms with van der Waals surface area (Å²) in [4.78, 5) is 0. The van der Waals surface area contributed by atoms with Crippen molar-refractivity contribution < 1.29 is 19.7 Å². The van der Waals surface area contributed by atoms with Gasteiger partial charge in [0.2, 0.25) is 0 Å². The molecule has 4 nitrogen and oxygen atoms in total. The molecule has 0 aromatic rings. The zero-order chi connectivity index (χ0) is 13.0. The highest BCUT2D eigenvalue weighted by Crippen LogP contribution is 2.20. The van der Waals surface area contributed by atoms with E-state index in [2.05, 4.69) is 13.8 Å². The van der Waals surface area contributed by atoms with Crippen LogP contribution in [-0.2, 0) is 9.47 Å². The van der Waals surface area contributed by atoms with E-state index in [1.165, 1.54) is 0 Å². The third-order valence-corrected chi connectivity index (χ3v) is 2.69. The van der Waals surface area contributed by atoms with E-state index in [0.717, 1.165) is 32.1 Å². The van der Waals surface area contributed by atoms with Crippen molar-refractivity contribution >= 4 is 0 Å². The van der Waals surface area contributed by atoms with Crippen molar-refractivity contribution in [3.8, 4) is 0 Å². The fourth-order valence-electron chi connectivity index (χ4n) is 1.79. The Kier molecular flexibility index (Phi) is 10.9. The second-order valence-electron chi connectivity index (χ2n) is 4.47. The molecule has 4 heteroatoms. The monoisotopic (exact) mass is 248 g/mol. The molecule has 0 spiro atoms. The van der Waals surface area contributed by atoms with Crippen LogP contribution < -0.4 is 0 Å². The predicted molar refractivity (Wildman–Crippen MR) is 68.1 cm³/mol. The summed E-state index contributed by atoms with van der Waals surface area (Å²) in [5.41, 5.74) is -0.679. The summed E-state index contributed by atoms with van der Waals surface area (Å²) in [5, 5.41) is 18.9. The molecule has 0 fully saturated rings. The summed E-state index contributed by atoms with van der Waals surface area (Å²) in [6.07, 6.45) is 4.66. The van der Waals surface area contributed by atoms with Crippen LogP contribution in [0.4, 0.5) is 0 Å². The molecule has 0 aliphatic rings. The smallest absolute Gasteiger partial charge is 0.0880 e. The molecule has 0 aliphatic carbocycles. The molecule has 0 aromatic heterocycles. The van der Waals surface area contributed by atoms with Crippen molar-refractivity contribution in [2.75, 3.05) is 33.0 Å². The summed E-state index contributed by atoms with van der Waals surface area (Å²) >= 11 is 0. The number of rotatable bonds is 12. The van der Waals surface area contributed by atoms with E-state index in [4.69, 9.17) is 14.6 Å². The maximum absolute atomic E-state index is 10.3. The second kappa shape index (κ2) is 11.0. The Bertz CT molecular complexity index is 163. The van der Waals surface area contributed by atoms with Crippen molar-refractivity contribution in [2.24, 2.45) is 0 Å². The highest BCUT2D eigenvalue weighted by Gasteiger charge is 2.25. The second-order valence-corrected chi connectivity index (χ2v) is 4.47. The standard InChI is InChI=1S/C13H28O4/c1-3-5-7-13(15,6-4-2)12-17-11-10-16-9-8-14/h14-15H,3-12H2,1-2H3. The zero-order valence-corrected chi connectivity index (χ0v) is 11.3. The van der Waals surface area contributed by atoms with Crippen LogP contribution in [0.1, 0.15) is 46.0 Å². The molecular formula is C13H28O4. The summed E-state index contributed by atoms with van der Waals surface area (Å²) in [6.45, 7) is 5.89. The van der Waals surface area contributed by atoms with Gasteiger partial charge in [-0.1, -0.05) is 33.1 Å². The van der Waals surface area contributed by atoms with Gasteiger partial charge in [-0.3, -0.25) is 0 Å². The van der Waals surface area contributed by atoms with Gasteiger partial charge >= 0.3 is 0 Å². The molecule has 0 amide bonds. The number of aliphatic hydroxyl groups is 2. The van der Waals surface area contributed by atoms with Gasteiger partial charge in [0.25, 0.3) is 0 Å². The lowest BCUT2D eigenvalue weighted by atomic mass is 9.93. The molecule has 0 saturated heterocycles. The molecule has 0 aromatic carbocycles. The number of hydrogen-bond acceptors (Lipinski definition) is 4. The van der Waals surface area contributed by atoms with Crippen LogP contribution in [0.3, 0.4) is 0 Å². The molecule has 0 bridgehead atoms. The number of aliphatic hydroxyl groups excluding tert-OH is 1. The lowest BCUT2D eigenvalue weighted by Crippen LogP contribution is -2.35. The van der Waals surface area contributed by atoms with Gasteiger partial charge in [0.1, 0.15) is 0 Å². The highest BCUT2D eigenvalue weighted by atomic mass is 16.5. The van der Waals surface area contributed by atoms with Crippen LogP contribution in [0.2, 0.25) is 0 Å². The number of unbranched alkanes of at least 4 members (excludes halogenated alkanes) is 1. The van der Waals surface area contributed by atoms with Gasteiger partial charge in [-0.25, -0.2) is 0 Å². The van der Waals surface area contributed by atoms with Crippen LogP contribution in [0.15, 0.2) is 0 Å². The molecule has 104 valence electrons. The van der Waals surface area contributed by atoms with Crippen molar-refractivity contribution in [3.05, 3.63) is 0 Å². The lowest BCUT2D eigenvalue weighted by molar-refractivity contribution is -0.0697. The van der Waals surface area contributed by atoms with Gasteiger partial charge in [-0.15, -0.1) is 0 Å². The molecule has 1 atom stereocenters. The average molecular weight is 248 g/mol. The molecule has 0 saturated carbocycles. The van der Waals surface area contributed by atoms with E-state index in [0.29, 0.717) is 26.4 Å². The van der Waals surface area contributed by atoms with Crippen LogP contribution in [0.5, 0.6) is 0 Å². The van der Waals surface area contributed by atoms with Crippen molar-refractivity contribution in [3.63, 3.8) is 0 Å². The van der Waals surface area contributed by atoms with Gasteiger partial charge in [-0.05, 0) is 12.8 Å². The molecule has 2 N–H and O–H groups in total. The normalized spacial score (nSPS) is 14.8. The zero-order valence-electron chi connectivity index (χ0n) is 11.3. The molecule has 1 unspecified atom stereocenters. The van der Waals surface area contributed by atoms with Crippen molar-refractivity contribution in [1.29, 1.82) is 0 Å². The molecule has 0 heterocycles. The van der Waals surface area contributed by atoms with Gasteiger partial charge in [0.05, 0.1) is 38.6 Å². The van der Waals surface area contributed by atoms with Crippen molar-refractivity contribution in [1.82, 2.24) is 0 Å². The summed E-state index contributed by atoms with van der Waals surface area (Å²) in [6, 6.07) is 0. The SMILES string of the molecule is CCCCC(O)(CCC)COCCOCCO. The van der Waals surface area contributed by atoms with Gasteiger partial charge in [0.15, 0.2) is 0 Å². The Morgan fingerprint density at radius 3 is 2.24 bits per heavy atom. The minimum Gasteiger partial charge on any atom is -0.394 e. The van der Waals surface area contributed by atoms with E-state index in [9.17, 15) is 5.11 Å². The molecule has 17 heavy (non-hydrogen) atoms. The third-order valence-electron chi connectivity index (χ3n) is 2.69. The van der Waals surface area contributed by atoms with Gasteiger partial charge < -0.3 is 19.7 Å². The first-order valence-corrected chi connectivity index (χ1v) is 6.67. The Balaban J connectivity index is 3.68. The molecule has 0 aliphatic heterocycles. The lowest BCUT2D eigenvalue weighted by Gasteiger charge is -2.27. The molecular weight excluding hydrogens is 220 g/mol. The number of hydrogen-bond donors (Lipinski definition) is 2. The first-order chi connectivity index (χ1) is 8.18. The largest absolute Gasteiger partial charge is 0.394 e. The van der Waals surface area contributed by atoms with E-state index < -0.39 is 5.60 Å². The quantitative estimate of drug-likeness (QED) is 0.516. The minimum absolute atomic E-state index is 0.0380. The van der Waals surface area contributed by atoms with E-state index in [-0.39, 0.29) is 6.61 Å². The minimum atomic E-state index is -0.679. The topological polar surface area (TPSA) is 58.9 Å². The van der Waals surface area contributed by atoms with Crippen LogP contribution in [-0.4, -0.2) is 48.8 Å². The van der Waals surface area contributed by atoms with Gasteiger partial charge in [-0.2, -0.15) is 0 Å². The first-order valence-electron chi connectivity index (χ1n) is 6.67. The van der Waals surface area contributed by atoms with Crippen LogP contribution in [0, 0.1) is 0 Å². The van der Waals surface area contributed by atoms with Crippen LogP contribution in [0.25, 0.3) is 0 Å². The highest BCUT2D eigenvalue weighted by molar-refractivity contribution is 4.77. The Hall–Kier alpha value is -0.160. The van der Waals surface area contributed by atoms with Gasteiger partial charge in [0, 0.05) is 0 Å². The Labute approximate surface area is 105 Å². The fraction of sp³-hybridized carbons (Fsp3) is 1.00. The maximum Gasteiger partial charge on any atom is 0.0880 e. The summed E-state index contributed by atoms with van der Waals surface area (Å²) in [7, 11) is 0. The first kappa shape index (κ1) is 16.8. The fourth-order valence-corrected chi connectivity index (χ4v) is 1.79. The maximum atomic E-state index is 10.3. The molecule has 0 rings (SSSR count). The average Bonchev–Trinajstić information content (AvgIpc) is 2.32. The Morgan fingerprint density at radius 1 is 0.941 bits per heavy atom. The predicted octanol–water partition coefficient (Wildman–Crippen LogP) is 1.73. The van der Waals surface area contributed by atoms with E-state index >= 15 is 0 Å². The van der Waals surface area contributed by atoms with Crippen LogP contribution >= 0.6 is 0 Å². The summed E-state index contributed by atoms with van der Waals surface area (Å²) in [5.74, 6) is 0. The third kappa shape index (κ3) is 9.53. The summed E-state index contributed by atoms with van der Waals surface area (Å²) < 4.78 is 10.5. The van der Waals surface area contributed by atoms with E-state index in [1.54, 1.807) is 0 Å². The molecule has 0 radical (unpaired) electrons. The Morgan fingerprint density at radius 2 is 1.65 bits per heavy atom. The number of ether oxygens (including phenoxy) is 2. The van der Waals surface area contributed by atoms with Crippen molar-refractivity contribution in [2.45, 2.75) is 51.6 Å². The van der Waals surface area contributed by atoms with E-state index in [1.807, 2.05) is 0 Å².